The van der Waals surface area contributed by atoms with Crippen molar-refractivity contribution in [3.8, 4) is 0 Å². The molecule has 0 amide bonds. The van der Waals surface area contributed by atoms with Crippen molar-refractivity contribution in [2.75, 3.05) is 7.05 Å². The van der Waals surface area contributed by atoms with E-state index in [0.29, 0.717) is 15.6 Å². The van der Waals surface area contributed by atoms with Gasteiger partial charge in [-0.2, -0.15) is 0 Å². The lowest BCUT2D eigenvalue weighted by molar-refractivity contribution is 0.569. The third-order valence-electron chi connectivity index (χ3n) is 3.10. The summed E-state index contributed by atoms with van der Waals surface area (Å²) in [4.78, 5) is 0. The molecule has 0 saturated heterocycles. The Morgan fingerprint density at radius 3 is 2.53 bits per heavy atom. The van der Waals surface area contributed by atoms with Crippen LogP contribution >= 0.6 is 15.9 Å². The monoisotopic (exact) mass is 325 g/mol. The normalized spacial score (nSPS) is 12.5. The molecule has 0 fully saturated rings. The summed E-state index contributed by atoms with van der Waals surface area (Å²) in [5.74, 6) is -0.558. The molecule has 0 aliphatic carbocycles. The zero-order valence-corrected chi connectivity index (χ0v) is 12.3. The van der Waals surface area contributed by atoms with Gasteiger partial charge in [-0.1, -0.05) is 24.3 Å². The first kappa shape index (κ1) is 14.2. The van der Waals surface area contributed by atoms with E-state index in [1.165, 1.54) is 6.07 Å². The highest BCUT2D eigenvalue weighted by Crippen LogP contribution is 2.28. The lowest BCUT2D eigenvalue weighted by Gasteiger charge is -2.19. The fourth-order valence-electron chi connectivity index (χ4n) is 2.09. The van der Waals surface area contributed by atoms with E-state index in [0.717, 1.165) is 5.56 Å². The molecule has 1 N–H and O–H groups in total. The minimum Gasteiger partial charge on any atom is -0.309 e. The molecule has 0 bridgehead atoms. The molecule has 19 heavy (non-hydrogen) atoms. The second-order valence-electron chi connectivity index (χ2n) is 4.37. The van der Waals surface area contributed by atoms with Crippen molar-refractivity contribution < 1.29 is 8.78 Å². The Balaban J connectivity index is 2.50. The minimum absolute atomic E-state index is 0.256. The van der Waals surface area contributed by atoms with Gasteiger partial charge in [0, 0.05) is 5.56 Å². The van der Waals surface area contributed by atoms with Crippen LogP contribution in [0.25, 0.3) is 0 Å². The van der Waals surface area contributed by atoms with E-state index >= 15 is 0 Å². The van der Waals surface area contributed by atoms with Crippen LogP contribution in [0, 0.1) is 18.6 Å². The summed E-state index contributed by atoms with van der Waals surface area (Å²) in [6, 6.07) is 9.66. The molecule has 100 valence electrons. The van der Waals surface area contributed by atoms with E-state index in [-0.39, 0.29) is 17.7 Å². The Hall–Kier alpha value is -1.26. The van der Waals surface area contributed by atoms with E-state index in [1.54, 1.807) is 44.3 Å². The Labute approximate surface area is 119 Å². The van der Waals surface area contributed by atoms with Gasteiger partial charge in [0.1, 0.15) is 11.6 Å². The number of nitrogens with one attached hydrogen (secondary N) is 1. The van der Waals surface area contributed by atoms with E-state index < -0.39 is 0 Å². The molecular weight excluding hydrogens is 312 g/mol. The van der Waals surface area contributed by atoms with Crippen molar-refractivity contribution in [3.05, 3.63) is 69.2 Å². The molecule has 0 aliphatic heterocycles. The van der Waals surface area contributed by atoms with Gasteiger partial charge in [0.2, 0.25) is 0 Å². The van der Waals surface area contributed by atoms with Crippen molar-refractivity contribution in [1.82, 2.24) is 5.32 Å². The summed E-state index contributed by atoms with van der Waals surface area (Å²) in [5, 5.41) is 3.07. The van der Waals surface area contributed by atoms with E-state index in [9.17, 15) is 8.78 Å². The lowest BCUT2D eigenvalue weighted by atomic mass is 9.97. The van der Waals surface area contributed by atoms with Gasteiger partial charge in [-0.3, -0.25) is 0 Å². The molecule has 0 saturated carbocycles. The van der Waals surface area contributed by atoms with Gasteiger partial charge in [-0.15, -0.1) is 0 Å². The average molecular weight is 326 g/mol. The number of hydrogen-bond acceptors (Lipinski definition) is 1. The topological polar surface area (TPSA) is 12.0 Å². The molecule has 0 radical (unpaired) electrons. The third kappa shape index (κ3) is 2.85. The van der Waals surface area contributed by atoms with Crippen LogP contribution in [0.2, 0.25) is 0 Å². The highest BCUT2D eigenvalue weighted by atomic mass is 79.9. The maximum atomic E-state index is 14.1. The van der Waals surface area contributed by atoms with Gasteiger partial charge in [-0.25, -0.2) is 8.78 Å². The van der Waals surface area contributed by atoms with Gasteiger partial charge < -0.3 is 5.32 Å². The van der Waals surface area contributed by atoms with Crippen LogP contribution in [0.4, 0.5) is 8.78 Å². The van der Waals surface area contributed by atoms with Gasteiger partial charge in [0.05, 0.1) is 10.5 Å². The molecule has 0 heterocycles. The van der Waals surface area contributed by atoms with Crippen LogP contribution in [0.5, 0.6) is 0 Å². The zero-order valence-electron chi connectivity index (χ0n) is 10.7. The maximum absolute atomic E-state index is 14.1. The molecule has 2 aromatic carbocycles. The largest absolute Gasteiger partial charge is 0.309 e. The second-order valence-corrected chi connectivity index (χ2v) is 5.23. The van der Waals surface area contributed by atoms with Gasteiger partial charge in [0.15, 0.2) is 0 Å². The minimum atomic E-state index is -0.309. The van der Waals surface area contributed by atoms with Crippen molar-refractivity contribution in [1.29, 1.82) is 0 Å². The summed E-state index contributed by atoms with van der Waals surface area (Å²) in [5.41, 5.74) is 1.91. The third-order valence-corrected chi connectivity index (χ3v) is 3.71. The Morgan fingerprint density at radius 2 is 1.89 bits per heavy atom. The smallest absolute Gasteiger partial charge is 0.142 e. The van der Waals surface area contributed by atoms with Crippen LogP contribution in [0.15, 0.2) is 40.9 Å². The molecule has 4 heteroatoms. The number of halogens is 3. The molecule has 1 unspecified atom stereocenters. The van der Waals surface area contributed by atoms with Crippen LogP contribution in [-0.4, -0.2) is 7.05 Å². The van der Waals surface area contributed by atoms with Crippen molar-refractivity contribution in [2.24, 2.45) is 0 Å². The molecule has 2 aromatic rings. The first-order valence-corrected chi connectivity index (χ1v) is 6.71. The number of benzene rings is 2. The van der Waals surface area contributed by atoms with E-state index in [4.69, 9.17) is 0 Å². The highest BCUT2D eigenvalue weighted by Gasteiger charge is 2.18. The number of aryl methyl sites for hydroxylation is 1. The molecule has 0 aliphatic rings. The number of rotatable bonds is 3. The van der Waals surface area contributed by atoms with Crippen molar-refractivity contribution in [3.63, 3.8) is 0 Å². The average Bonchev–Trinajstić information content (AvgIpc) is 2.39. The summed E-state index contributed by atoms with van der Waals surface area (Å²) in [7, 11) is 1.75. The fraction of sp³-hybridized carbons (Fsp3) is 0.200. The Morgan fingerprint density at radius 1 is 1.16 bits per heavy atom. The second kappa shape index (κ2) is 5.80. The molecular formula is C15H14BrF2N. The van der Waals surface area contributed by atoms with Crippen LogP contribution in [0.1, 0.15) is 22.7 Å². The standard InChI is InChI=1S/C15H14BrF2N/c1-9-8-10(6-7-13(9)17)15(19-2)11-4-3-5-12(16)14(11)18/h3-8,15,19H,1-2H3. The molecule has 1 atom stereocenters. The van der Waals surface area contributed by atoms with Crippen LogP contribution in [0.3, 0.4) is 0 Å². The molecule has 0 aromatic heterocycles. The summed E-state index contributed by atoms with van der Waals surface area (Å²) in [6.07, 6.45) is 0. The first-order chi connectivity index (χ1) is 9.04. The van der Waals surface area contributed by atoms with E-state index in [2.05, 4.69) is 21.2 Å². The Bertz CT molecular complexity index is 599. The highest BCUT2D eigenvalue weighted by molar-refractivity contribution is 9.10. The lowest BCUT2D eigenvalue weighted by Crippen LogP contribution is -2.19. The van der Waals surface area contributed by atoms with Gasteiger partial charge in [-0.05, 0) is 53.2 Å². The summed E-state index contributed by atoms with van der Waals surface area (Å²) in [6.45, 7) is 1.70. The quantitative estimate of drug-likeness (QED) is 0.884. The van der Waals surface area contributed by atoms with Crippen molar-refractivity contribution >= 4 is 15.9 Å². The molecule has 1 nitrogen and oxygen atoms in total. The number of hydrogen-bond donors (Lipinski definition) is 1. The van der Waals surface area contributed by atoms with Crippen LogP contribution in [-0.2, 0) is 0 Å². The summed E-state index contributed by atoms with van der Waals surface area (Å²) >= 11 is 3.18. The predicted octanol–water partition coefficient (Wildman–Crippen LogP) is 4.34. The predicted molar refractivity (Wildman–Crippen MR) is 76.1 cm³/mol. The molecule has 0 spiro atoms. The van der Waals surface area contributed by atoms with E-state index in [1.807, 2.05) is 0 Å². The van der Waals surface area contributed by atoms with Gasteiger partial charge >= 0.3 is 0 Å². The molecule has 2 rings (SSSR count). The SMILES string of the molecule is CNC(c1ccc(F)c(C)c1)c1cccc(Br)c1F. The van der Waals surface area contributed by atoms with Crippen molar-refractivity contribution in [2.45, 2.75) is 13.0 Å². The fourth-order valence-corrected chi connectivity index (χ4v) is 2.47. The van der Waals surface area contributed by atoms with Gasteiger partial charge in [0.25, 0.3) is 0 Å². The zero-order chi connectivity index (χ0) is 14.0. The maximum Gasteiger partial charge on any atom is 0.142 e. The van der Waals surface area contributed by atoms with Crippen LogP contribution < -0.4 is 5.32 Å². The Kier molecular flexibility index (Phi) is 4.32. The first-order valence-electron chi connectivity index (χ1n) is 5.92. The summed E-state index contributed by atoms with van der Waals surface area (Å²) < 4.78 is 27.9.